The first kappa shape index (κ1) is 26.1. The lowest BCUT2D eigenvalue weighted by molar-refractivity contribution is -0.143. The molecule has 5 N–H and O–H groups in total. The molecule has 0 radical (unpaired) electrons. The number of halogens is 3. The van der Waals surface area contributed by atoms with Gasteiger partial charge < -0.3 is 21.4 Å². The molecule has 0 saturated carbocycles. The summed E-state index contributed by atoms with van der Waals surface area (Å²) in [4.78, 5) is 36.3. The maximum absolute atomic E-state index is 12.8. The number of nitrogens with two attached hydrogens (primary N) is 1. The number of carbonyl (C=O) groups excluding carboxylic acids is 2. The number of nitrogens with one attached hydrogen (secondary N) is 3. The Balaban J connectivity index is 1.94. The summed E-state index contributed by atoms with van der Waals surface area (Å²) < 4.78 is 38.0. The Morgan fingerprint density at radius 1 is 1.14 bits per heavy atom. The van der Waals surface area contributed by atoms with Gasteiger partial charge in [-0.1, -0.05) is 20.8 Å². The molecule has 1 unspecified atom stereocenters. The third-order valence-electron chi connectivity index (χ3n) is 5.82. The molecule has 188 valence electrons. The molecule has 3 aromatic rings. The fraction of sp³-hybridized carbons (Fsp3) is 0.417. The average Bonchev–Trinajstić information content (AvgIpc) is 3.23. The van der Waals surface area contributed by atoms with Crippen LogP contribution in [0.3, 0.4) is 0 Å². The fourth-order valence-electron chi connectivity index (χ4n) is 3.77. The van der Waals surface area contributed by atoms with Crippen LogP contribution in [0.15, 0.2) is 36.9 Å². The molecular formula is C24H29F3N6O2. The molecule has 11 heteroatoms. The minimum absolute atomic E-state index is 0.0458. The number of hydrogen-bond donors (Lipinski definition) is 4. The summed E-state index contributed by atoms with van der Waals surface area (Å²) >= 11 is 0. The maximum Gasteiger partial charge on any atom is 0.405 e. The summed E-state index contributed by atoms with van der Waals surface area (Å²) in [5.41, 5.74) is 7.72. The van der Waals surface area contributed by atoms with E-state index in [2.05, 4.69) is 20.3 Å². The summed E-state index contributed by atoms with van der Waals surface area (Å²) in [5.74, 6) is -1.50. The highest BCUT2D eigenvalue weighted by molar-refractivity contribution is 5.94. The van der Waals surface area contributed by atoms with Crippen molar-refractivity contribution in [3.8, 4) is 11.1 Å². The molecule has 0 spiro atoms. The highest BCUT2D eigenvalue weighted by Gasteiger charge is 2.41. The third kappa shape index (κ3) is 5.97. The van der Waals surface area contributed by atoms with Gasteiger partial charge in [0.2, 0.25) is 11.8 Å². The van der Waals surface area contributed by atoms with Gasteiger partial charge in [0.25, 0.3) is 0 Å². The molecular weight excluding hydrogens is 461 g/mol. The van der Waals surface area contributed by atoms with Gasteiger partial charge in [-0.25, -0.2) is 4.98 Å². The Hall–Kier alpha value is -3.47. The van der Waals surface area contributed by atoms with Gasteiger partial charge in [-0.15, -0.1) is 0 Å². The zero-order chi connectivity index (χ0) is 25.8. The number of hydrogen-bond acceptors (Lipinski definition) is 5. The molecule has 0 aliphatic heterocycles. The number of aromatic amines is 1. The second-order valence-corrected chi connectivity index (χ2v) is 8.75. The molecule has 3 heterocycles. The first-order valence-corrected chi connectivity index (χ1v) is 11.3. The van der Waals surface area contributed by atoms with Crippen molar-refractivity contribution < 1.29 is 22.8 Å². The summed E-state index contributed by atoms with van der Waals surface area (Å²) in [7, 11) is 0. The van der Waals surface area contributed by atoms with Gasteiger partial charge in [-0.2, -0.15) is 13.2 Å². The van der Waals surface area contributed by atoms with E-state index in [0.29, 0.717) is 24.2 Å². The molecule has 0 bridgehead atoms. The van der Waals surface area contributed by atoms with Crippen LogP contribution < -0.4 is 16.4 Å². The van der Waals surface area contributed by atoms with Crippen molar-refractivity contribution in [1.82, 2.24) is 25.6 Å². The zero-order valence-corrected chi connectivity index (χ0v) is 19.8. The highest BCUT2D eigenvalue weighted by atomic mass is 19.4. The highest BCUT2D eigenvalue weighted by Crippen LogP contribution is 2.33. The number of H-pyrrole nitrogens is 1. The maximum atomic E-state index is 12.8. The van der Waals surface area contributed by atoms with E-state index in [0.717, 1.165) is 22.9 Å². The first-order chi connectivity index (χ1) is 16.5. The number of alkyl halides is 3. The summed E-state index contributed by atoms with van der Waals surface area (Å²) in [6.45, 7) is 4.10. The predicted octanol–water partition coefficient (Wildman–Crippen LogP) is 3.53. The lowest BCUT2D eigenvalue weighted by Crippen LogP contribution is -2.56. The largest absolute Gasteiger partial charge is 0.405 e. The Morgan fingerprint density at radius 2 is 1.89 bits per heavy atom. The summed E-state index contributed by atoms with van der Waals surface area (Å²) in [5, 5.41) is 5.51. The minimum Gasteiger partial charge on any atom is -0.352 e. The molecule has 0 aliphatic carbocycles. The van der Waals surface area contributed by atoms with Crippen LogP contribution in [0.1, 0.15) is 44.7 Å². The van der Waals surface area contributed by atoms with Crippen molar-refractivity contribution in [1.29, 1.82) is 0 Å². The van der Waals surface area contributed by atoms with Gasteiger partial charge in [-0.3, -0.25) is 14.6 Å². The molecule has 0 aliphatic rings. The van der Waals surface area contributed by atoms with Gasteiger partial charge in [-0.05, 0) is 30.0 Å². The molecule has 0 fully saturated rings. The normalized spacial score (nSPS) is 13.6. The van der Waals surface area contributed by atoms with Gasteiger partial charge in [0.15, 0.2) is 0 Å². The number of fused-ring (bicyclic) bond motifs is 1. The number of amides is 2. The first-order valence-electron chi connectivity index (χ1n) is 11.3. The number of aromatic nitrogens is 3. The lowest BCUT2D eigenvalue weighted by atomic mass is 9.80. The van der Waals surface area contributed by atoms with Crippen LogP contribution >= 0.6 is 0 Å². The number of nitrogens with zero attached hydrogens (tertiary/aromatic N) is 2. The van der Waals surface area contributed by atoms with Crippen LogP contribution in [0, 0.1) is 5.92 Å². The van der Waals surface area contributed by atoms with Gasteiger partial charge >= 0.3 is 6.18 Å². The van der Waals surface area contributed by atoms with E-state index in [9.17, 15) is 22.8 Å². The zero-order valence-electron chi connectivity index (χ0n) is 19.8. The van der Waals surface area contributed by atoms with Gasteiger partial charge in [0.05, 0.1) is 0 Å². The van der Waals surface area contributed by atoms with Crippen molar-refractivity contribution in [2.24, 2.45) is 11.7 Å². The van der Waals surface area contributed by atoms with E-state index in [1.807, 2.05) is 18.3 Å². The Morgan fingerprint density at radius 3 is 2.54 bits per heavy atom. The van der Waals surface area contributed by atoms with Crippen molar-refractivity contribution in [2.45, 2.75) is 51.9 Å². The molecule has 1 atom stereocenters. The number of carbonyl (C=O) groups is 2. The van der Waals surface area contributed by atoms with Crippen molar-refractivity contribution in [3.63, 3.8) is 0 Å². The van der Waals surface area contributed by atoms with E-state index in [-0.39, 0.29) is 11.5 Å². The van der Waals surface area contributed by atoms with Gasteiger partial charge in [0.1, 0.15) is 17.7 Å². The van der Waals surface area contributed by atoms with Crippen LogP contribution in [0.5, 0.6) is 0 Å². The van der Waals surface area contributed by atoms with Crippen LogP contribution in [-0.2, 0) is 21.7 Å². The minimum atomic E-state index is -4.56. The average molecular weight is 491 g/mol. The fourth-order valence-corrected chi connectivity index (χ4v) is 3.77. The summed E-state index contributed by atoms with van der Waals surface area (Å²) in [6, 6.07) is 3.54. The smallest absolute Gasteiger partial charge is 0.352 e. The predicted molar refractivity (Wildman–Crippen MR) is 126 cm³/mol. The van der Waals surface area contributed by atoms with E-state index in [4.69, 9.17) is 5.73 Å². The van der Waals surface area contributed by atoms with E-state index < -0.39 is 30.1 Å². The topological polar surface area (TPSA) is 126 Å². The SMILES string of the molecule is CCCC(=O)NCc1cnc2[nH]cc(-c3cncc(C(N)(C(=O)NCC(F)(F)F)C(C)C)c3)c2c1. The second kappa shape index (κ2) is 10.4. The lowest BCUT2D eigenvalue weighted by Gasteiger charge is -2.32. The van der Waals surface area contributed by atoms with Crippen molar-refractivity contribution in [2.75, 3.05) is 6.54 Å². The quantitative estimate of drug-likeness (QED) is 0.365. The Kier molecular flexibility index (Phi) is 7.79. The van der Waals surface area contributed by atoms with Crippen molar-refractivity contribution >= 4 is 22.8 Å². The molecule has 35 heavy (non-hydrogen) atoms. The molecule has 0 aromatic carbocycles. The molecule has 3 aromatic heterocycles. The molecule has 8 nitrogen and oxygen atoms in total. The van der Waals surface area contributed by atoms with Crippen LogP contribution in [0.25, 0.3) is 22.2 Å². The van der Waals surface area contributed by atoms with Crippen LogP contribution in [0.2, 0.25) is 0 Å². The van der Waals surface area contributed by atoms with E-state index in [1.165, 1.54) is 6.20 Å². The standard InChI is InChI=1S/C24H29F3N6O2/c1-4-5-20(34)30-8-15-6-18-19(12-32-21(18)31-9-15)16-7-17(11-29-10-16)24(28,14(2)3)22(35)33-13-23(25,26)27/h6-7,9-12,14H,4-5,8,13,28H2,1-3H3,(H,30,34)(H,31,32)(H,33,35). The number of rotatable bonds is 9. The van der Waals surface area contributed by atoms with Crippen LogP contribution in [0.4, 0.5) is 13.2 Å². The Bertz CT molecular complexity index is 1210. The van der Waals surface area contributed by atoms with Crippen molar-refractivity contribution in [3.05, 3.63) is 48.0 Å². The Labute approximate surface area is 200 Å². The molecule has 3 rings (SSSR count). The van der Waals surface area contributed by atoms with E-state index >= 15 is 0 Å². The summed E-state index contributed by atoms with van der Waals surface area (Å²) in [6.07, 6.45) is 3.00. The van der Waals surface area contributed by atoms with Gasteiger partial charge in [0, 0.05) is 59.8 Å². The monoisotopic (exact) mass is 490 g/mol. The number of pyridine rings is 2. The van der Waals surface area contributed by atoms with E-state index in [1.54, 1.807) is 38.5 Å². The second-order valence-electron chi connectivity index (χ2n) is 8.75. The molecule has 0 saturated heterocycles. The third-order valence-corrected chi connectivity index (χ3v) is 5.82. The molecule has 2 amide bonds. The van der Waals surface area contributed by atoms with Crippen LogP contribution in [-0.4, -0.2) is 39.5 Å².